The first kappa shape index (κ1) is 16.1. The predicted molar refractivity (Wildman–Crippen MR) is 85.4 cm³/mol. The molecule has 3 N–H and O–H groups in total. The van der Waals surface area contributed by atoms with E-state index in [9.17, 15) is 10.1 Å². The van der Waals surface area contributed by atoms with E-state index in [1.54, 1.807) is 24.3 Å². The molecule has 0 aliphatic carbocycles. The van der Waals surface area contributed by atoms with Gasteiger partial charge in [-0.15, -0.1) is 0 Å². The van der Waals surface area contributed by atoms with Gasteiger partial charge in [0.1, 0.15) is 28.9 Å². The minimum Gasteiger partial charge on any atom is -0.494 e. The van der Waals surface area contributed by atoms with E-state index in [2.05, 4.69) is 10.3 Å². The smallest absolute Gasteiger partial charge is 0.241 e. The fourth-order valence-electron chi connectivity index (χ4n) is 1.85. The first-order valence-corrected chi connectivity index (χ1v) is 6.92. The molecule has 1 aromatic heterocycles. The molecule has 0 fully saturated rings. The highest BCUT2D eigenvalue weighted by Crippen LogP contribution is 2.30. The minimum absolute atomic E-state index is 0.0282. The highest BCUT2D eigenvalue weighted by atomic mass is 16.5. The number of carbonyl (C=O) groups excluding carboxylic acids is 1. The summed E-state index contributed by atoms with van der Waals surface area (Å²) >= 11 is 0. The molecule has 0 bridgehead atoms. The molecule has 7 heteroatoms. The quantitative estimate of drug-likeness (QED) is 0.878. The van der Waals surface area contributed by atoms with Crippen LogP contribution in [0.5, 0.6) is 17.4 Å². The summed E-state index contributed by atoms with van der Waals surface area (Å²) in [5.74, 6) is 1.13. The third-order valence-electron chi connectivity index (χ3n) is 2.78. The van der Waals surface area contributed by atoms with Crippen molar-refractivity contribution in [1.82, 2.24) is 4.98 Å². The van der Waals surface area contributed by atoms with Crippen molar-refractivity contribution in [3.63, 3.8) is 0 Å². The molecule has 0 radical (unpaired) electrons. The van der Waals surface area contributed by atoms with Crippen molar-refractivity contribution >= 4 is 17.4 Å². The summed E-state index contributed by atoms with van der Waals surface area (Å²) in [5, 5.41) is 11.7. The second-order valence-electron chi connectivity index (χ2n) is 4.58. The molecule has 1 amide bonds. The molecule has 0 atom stereocenters. The van der Waals surface area contributed by atoms with Crippen molar-refractivity contribution in [2.45, 2.75) is 13.8 Å². The Morgan fingerprint density at radius 1 is 1.35 bits per heavy atom. The number of hydrogen-bond acceptors (Lipinski definition) is 6. The third-order valence-corrected chi connectivity index (χ3v) is 2.78. The van der Waals surface area contributed by atoms with E-state index < -0.39 is 0 Å². The highest BCUT2D eigenvalue weighted by Gasteiger charge is 2.13. The van der Waals surface area contributed by atoms with Gasteiger partial charge >= 0.3 is 0 Å². The van der Waals surface area contributed by atoms with E-state index in [4.69, 9.17) is 15.2 Å². The number of benzene rings is 1. The van der Waals surface area contributed by atoms with Gasteiger partial charge in [0.2, 0.25) is 11.8 Å². The number of nitrogens with one attached hydrogen (secondary N) is 1. The van der Waals surface area contributed by atoms with Gasteiger partial charge in [0.05, 0.1) is 12.3 Å². The fraction of sp³-hybridized carbons (Fsp3) is 0.188. The van der Waals surface area contributed by atoms with Gasteiger partial charge in [-0.3, -0.25) is 4.79 Å². The summed E-state index contributed by atoms with van der Waals surface area (Å²) in [6.07, 6.45) is 0. The lowest BCUT2D eigenvalue weighted by Gasteiger charge is -2.11. The number of carbonyl (C=O) groups is 1. The Labute approximate surface area is 133 Å². The van der Waals surface area contributed by atoms with Crippen molar-refractivity contribution in [3.05, 3.63) is 35.9 Å². The van der Waals surface area contributed by atoms with Crippen LogP contribution in [-0.2, 0) is 4.79 Å². The molecule has 2 aromatic rings. The van der Waals surface area contributed by atoms with Crippen molar-refractivity contribution in [3.8, 4) is 23.4 Å². The summed E-state index contributed by atoms with van der Waals surface area (Å²) in [5.41, 5.74) is 6.09. The second kappa shape index (κ2) is 7.13. The molecule has 1 aromatic carbocycles. The van der Waals surface area contributed by atoms with Crippen LogP contribution in [0.4, 0.5) is 11.5 Å². The zero-order chi connectivity index (χ0) is 16.8. The van der Waals surface area contributed by atoms with Crippen molar-refractivity contribution < 1.29 is 14.3 Å². The van der Waals surface area contributed by atoms with Crippen LogP contribution in [0.15, 0.2) is 30.3 Å². The molecule has 2 rings (SSSR count). The first-order valence-electron chi connectivity index (χ1n) is 6.92. The molecule has 0 aliphatic rings. The number of amides is 1. The van der Waals surface area contributed by atoms with Crippen LogP contribution in [0, 0.1) is 11.3 Å². The topological polar surface area (TPSA) is 110 Å². The zero-order valence-corrected chi connectivity index (χ0v) is 12.8. The Balaban J connectivity index is 2.31. The van der Waals surface area contributed by atoms with Crippen molar-refractivity contribution in [2.75, 3.05) is 17.7 Å². The largest absolute Gasteiger partial charge is 0.494 e. The lowest BCUT2D eigenvalue weighted by molar-refractivity contribution is -0.114. The number of anilines is 2. The second-order valence-corrected chi connectivity index (χ2v) is 4.58. The van der Waals surface area contributed by atoms with Crippen LogP contribution in [0.25, 0.3) is 0 Å². The molecule has 7 nitrogen and oxygen atoms in total. The SMILES string of the molecule is CCOc1ccc(Oc2nc(NC(C)=O)cc(N)c2C#N)cc1. The summed E-state index contributed by atoms with van der Waals surface area (Å²) in [4.78, 5) is 15.2. The molecule has 23 heavy (non-hydrogen) atoms. The van der Waals surface area contributed by atoms with Gasteiger partial charge in [0.15, 0.2) is 0 Å². The summed E-state index contributed by atoms with van der Waals surface area (Å²) in [6, 6.07) is 10.2. The average molecular weight is 312 g/mol. The molecule has 118 valence electrons. The number of nitrogens with two attached hydrogens (primary N) is 1. The Kier molecular flexibility index (Phi) is 5.00. The van der Waals surface area contributed by atoms with Gasteiger partial charge in [0.25, 0.3) is 0 Å². The number of ether oxygens (including phenoxy) is 2. The van der Waals surface area contributed by atoms with Crippen LogP contribution in [0.3, 0.4) is 0 Å². The molecule has 0 unspecified atom stereocenters. The van der Waals surface area contributed by atoms with Gasteiger partial charge in [-0.25, -0.2) is 0 Å². The lowest BCUT2D eigenvalue weighted by atomic mass is 10.2. The Morgan fingerprint density at radius 2 is 2.00 bits per heavy atom. The molecular formula is C16H16N4O3. The zero-order valence-electron chi connectivity index (χ0n) is 12.8. The maximum absolute atomic E-state index is 11.1. The number of aromatic nitrogens is 1. The van der Waals surface area contributed by atoms with Crippen LogP contribution in [0.1, 0.15) is 19.4 Å². The minimum atomic E-state index is -0.298. The molecule has 1 heterocycles. The maximum Gasteiger partial charge on any atom is 0.241 e. The summed E-state index contributed by atoms with van der Waals surface area (Å²) < 4.78 is 11.0. The standard InChI is InChI=1S/C16H16N4O3/c1-3-22-11-4-6-12(7-5-11)23-16-13(9-17)14(18)8-15(20-16)19-10(2)21/h4-8H,3H2,1-2H3,(H3,18,19,20,21). The Bertz CT molecular complexity index is 751. The Hall–Kier alpha value is -3.27. The van der Waals surface area contributed by atoms with Gasteiger partial charge in [-0.05, 0) is 31.2 Å². The monoisotopic (exact) mass is 312 g/mol. The first-order chi connectivity index (χ1) is 11.0. The normalized spacial score (nSPS) is 9.78. The number of rotatable bonds is 5. The molecule has 0 spiro atoms. The van der Waals surface area contributed by atoms with E-state index in [0.717, 1.165) is 0 Å². The van der Waals surface area contributed by atoms with Gasteiger partial charge < -0.3 is 20.5 Å². The predicted octanol–water partition coefficient (Wildman–Crippen LogP) is 2.68. The molecule has 0 aliphatic heterocycles. The van der Waals surface area contributed by atoms with Gasteiger partial charge in [-0.1, -0.05) is 0 Å². The van der Waals surface area contributed by atoms with E-state index in [1.807, 2.05) is 13.0 Å². The molecule has 0 saturated heterocycles. The fourth-order valence-corrected chi connectivity index (χ4v) is 1.85. The van der Waals surface area contributed by atoms with Crippen LogP contribution >= 0.6 is 0 Å². The highest BCUT2D eigenvalue weighted by molar-refractivity contribution is 5.88. The van der Waals surface area contributed by atoms with E-state index in [0.29, 0.717) is 18.1 Å². The third kappa shape index (κ3) is 4.11. The number of nitrogens with zero attached hydrogens (tertiary/aromatic N) is 2. The molecular weight excluding hydrogens is 296 g/mol. The van der Waals surface area contributed by atoms with E-state index >= 15 is 0 Å². The van der Waals surface area contributed by atoms with Gasteiger partial charge in [-0.2, -0.15) is 10.2 Å². The number of nitrogen functional groups attached to an aromatic ring is 1. The van der Waals surface area contributed by atoms with E-state index in [-0.39, 0.29) is 28.9 Å². The van der Waals surface area contributed by atoms with Crippen molar-refractivity contribution in [1.29, 1.82) is 5.26 Å². The van der Waals surface area contributed by atoms with E-state index in [1.165, 1.54) is 13.0 Å². The maximum atomic E-state index is 11.1. The summed E-state index contributed by atoms with van der Waals surface area (Å²) in [7, 11) is 0. The lowest BCUT2D eigenvalue weighted by Crippen LogP contribution is -2.09. The number of hydrogen-bond donors (Lipinski definition) is 2. The van der Waals surface area contributed by atoms with Crippen LogP contribution < -0.4 is 20.5 Å². The van der Waals surface area contributed by atoms with Crippen molar-refractivity contribution in [2.24, 2.45) is 0 Å². The van der Waals surface area contributed by atoms with Crippen LogP contribution in [0.2, 0.25) is 0 Å². The molecule has 0 saturated carbocycles. The average Bonchev–Trinajstić information content (AvgIpc) is 2.49. The summed E-state index contributed by atoms with van der Waals surface area (Å²) in [6.45, 7) is 3.81. The van der Waals surface area contributed by atoms with Crippen LogP contribution in [-0.4, -0.2) is 17.5 Å². The number of pyridine rings is 1. The number of nitriles is 1. The van der Waals surface area contributed by atoms with Gasteiger partial charge in [0, 0.05) is 13.0 Å². The Morgan fingerprint density at radius 3 is 2.57 bits per heavy atom.